The second-order valence-corrected chi connectivity index (χ2v) is 7.25. The van der Waals surface area contributed by atoms with Crippen molar-refractivity contribution >= 4 is 38.3 Å². The van der Waals surface area contributed by atoms with E-state index in [1.807, 2.05) is 12.1 Å². The number of aromatic nitrogens is 2. The molecule has 0 saturated heterocycles. The third-order valence-corrected chi connectivity index (χ3v) is 4.92. The van der Waals surface area contributed by atoms with Crippen LogP contribution >= 0.6 is 27.3 Å². The van der Waals surface area contributed by atoms with Gasteiger partial charge in [0.25, 0.3) is 0 Å². The average Bonchev–Trinajstić information content (AvgIpc) is 3.04. The Balaban J connectivity index is 2.02. The number of nitrogens with one attached hydrogen (secondary N) is 3. The molecule has 0 saturated carbocycles. The molecule has 1 aromatic carbocycles. The smallest absolute Gasteiger partial charge is 0.306 e. The van der Waals surface area contributed by atoms with E-state index in [0.717, 1.165) is 33.3 Å². The molecule has 0 aliphatic carbocycles. The maximum Gasteiger partial charge on any atom is 0.323 e. The van der Waals surface area contributed by atoms with Gasteiger partial charge in [-0.25, -0.2) is 4.79 Å². The van der Waals surface area contributed by atoms with Crippen LogP contribution in [0.25, 0.3) is 11.0 Å². The number of hydrogen-bond donors (Lipinski definition) is 3. The monoisotopic (exact) mass is 365 g/mol. The SMILES string of the molecule is CCCNC(c1csc(Br)c1)c1ccc2[nH]c(=O)[nH]c2c1. The van der Waals surface area contributed by atoms with Crippen LogP contribution in [0.15, 0.2) is 38.2 Å². The van der Waals surface area contributed by atoms with E-state index in [9.17, 15) is 4.79 Å². The molecule has 6 heteroatoms. The fourth-order valence-electron chi connectivity index (χ4n) is 2.42. The Morgan fingerprint density at radius 2 is 2.05 bits per heavy atom. The third kappa shape index (κ3) is 3.12. The number of thiophene rings is 1. The van der Waals surface area contributed by atoms with Gasteiger partial charge in [-0.2, -0.15) is 0 Å². The minimum absolute atomic E-state index is 0.135. The molecule has 1 atom stereocenters. The van der Waals surface area contributed by atoms with Crippen molar-refractivity contribution in [2.45, 2.75) is 19.4 Å². The molecule has 0 aliphatic rings. The first kappa shape index (κ1) is 14.6. The number of hydrogen-bond acceptors (Lipinski definition) is 3. The number of fused-ring (bicyclic) bond motifs is 1. The Kier molecular flexibility index (Phi) is 4.28. The first-order chi connectivity index (χ1) is 10.2. The lowest BCUT2D eigenvalue weighted by Crippen LogP contribution is -2.22. The lowest BCUT2D eigenvalue weighted by Gasteiger charge is -2.18. The molecule has 3 rings (SSSR count). The number of benzene rings is 1. The molecule has 0 bridgehead atoms. The van der Waals surface area contributed by atoms with E-state index in [0.29, 0.717) is 0 Å². The van der Waals surface area contributed by atoms with Crippen molar-refractivity contribution in [3.05, 3.63) is 55.0 Å². The molecule has 21 heavy (non-hydrogen) atoms. The van der Waals surface area contributed by atoms with E-state index < -0.39 is 0 Å². The van der Waals surface area contributed by atoms with E-state index in [-0.39, 0.29) is 11.7 Å². The largest absolute Gasteiger partial charge is 0.323 e. The van der Waals surface area contributed by atoms with Crippen LogP contribution in [-0.2, 0) is 0 Å². The average molecular weight is 366 g/mol. The predicted molar refractivity (Wildman–Crippen MR) is 91.1 cm³/mol. The predicted octanol–water partition coefficient (Wildman–Crippen LogP) is 3.77. The zero-order chi connectivity index (χ0) is 14.8. The first-order valence-corrected chi connectivity index (χ1v) is 8.54. The number of H-pyrrole nitrogens is 2. The van der Waals surface area contributed by atoms with Crippen molar-refractivity contribution in [1.29, 1.82) is 0 Å². The van der Waals surface area contributed by atoms with E-state index in [1.165, 1.54) is 5.56 Å². The lowest BCUT2D eigenvalue weighted by molar-refractivity contribution is 0.600. The van der Waals surface area contributed by atoms with Gasteiger partial charge in [0.1, 0.15) is 0 Å². The van der Waals surface area contributed by atoms with Crippen LogP contribution in [0.2, 0.25) is 0 Å². The number of imidazole rings is 1. The molecule has 4 nitrogen and oxygen atoms in total. The zero-order valence-corrected chi connectivity index (χ0v) is 14.0. The van der Waals surface area contributed by atoms with Crippen molar-refractivity contribution in [3.8, 4) is 0 Å². The minimum atomic E-state index is -0.168. The summed E-state index contributed by atoms with van der Waals surface area (Å²) in [4.78, 5) is 17.0. The number of aromatic amines is 2. The summed E-state index contributed by atoms with van der Waals surface area (Å²) in [6.07, 6.45) is 1.07. The van der Waals surface area contributed by atoms with Crippen molar-refractivity contribution in [3.63, 3.8) is 0 Å². The fraction of sp³-hybridized carbons (Fsp3) is 0.267. The summed E-state index contributed by atoms with van der Waals surface area (Å²) in [6, 6.07) is 8.32. The molecule has 0 amide bonds. The summed E-state index contributed by atoms with van der Waals surface area (Å²) in [6.45, 7) is 3.10. The molecule has 2 aromatic heterocycles. The Morgan fingerprint density at radius 1 is 1.24 bits per heavy atom. The van der Waals surface area contributed by atoms with Gasteiger partial charge in [0.2, 0.25) is 0 Å². The van der Waals surface area contributed by atoms with Gasteiger partial charge < -0.3 is 15.3 Å². The quantitative estimate of drug-likeness (QED) is 0.644. The van der Waals surface area contributed by atoms with Gasteiger partial charge >= 0.3 is 5.69 Å². The van der Waals surface area contributed by atoms with Gasteiger partial charge in [-0.1, -0.05) is 13.0 Å². The Morgan fingerprint density at radius 3 is 2.76 bits per heavy atom. The van der Waals surface area contributed by atoms with Crippen molar-refractivity contribution < 1.29 is 0 Å². The molecule has 2 heterocycles. The van der Waals surface area contributed by atoms with Crippen LogP contribution < -0.4 is 11.0 Å². The van der Waals surface area contributed by atoms with Crippen molar-refractivity contribution in [2.75, 3.05) is 6.54 Å². The van der Waals surface area contributed by atoms with E-state index in [4.69, 9.17) is 0 Å². The van der Waals surface area contributed by atoms with Gasteiger partial charge in [-0.15, -0.1) is 11.3 Å². The van der Waals surface area contributed by atoms with Crippen molar-refractivity contribution in [2.24, 2.45) is 0 Å². The topological polar surface area (TPSA) is 60.7 Å². The van der Waals surface area contributed by atoms with Crippen LogP contribution in [0.4, 0.5) is 0 Å². The van der Waals surface area contributed by atoms with E-state index in [2.05, 4.69) is 55.7 Å². The lowest BCUT2D eigenvalue weighted by atomic mass is 10.0. The van der Waals surface area contributed by atoms with Crippen molar-refractivity contribution in [1.82, 2.24) is 15.3 Å². The highest BCUT2D eigenvalue weighted by molar-refractivity contribution is 9.11. The second-order valence-electron chi connectivity index (χ2n) is 4.96. The molecule has 0 radical (unpaired) electrons. The van der Waals surface area contributed by atoms with E-state index >= 15 is 0 Å². The van der Waals surface area contributed by atoms with Crippen LogP contribution in [0.3, 0.4) is 0 Å². The van der Waals surface area contributed by atoms with Crippen LogP contribution in [0.5, 0.6) is 0 Å². The third-order valence-electron chi connectivity index (χ3n) is 3.39. The molecule has 0 aliphatic heterocycles. The Bertz CT molecular complexity index is 804. The summed E-state index contributed by atoms with van der Waals surface area (Å²) < 4.78 is 1.12. The molecule has 1 unspecified atom stereocenters. The van der Waals surface area contributed by atoms with Gasteiger partial charge in [0.15, 0.2) is 0 Å². The molecule has 0 fully saturated rings. The summed E-state index contributed by atoms with van der Waals surface area (Å²) in [5, 5.41) is 5.72. The molecular formula is C15H16BrN3OS. The second kappa shape index (κ2) is 6.17. The van der Waals surface area contributed by atoms with Gasteiger partial charge in [0, 0.05) is 0 Å². The standard InChI is InChI=1S/C15H16BrN3OS/c1-2-5-17-14(10-7-13(16)21-8-10)9-3-4-11-12(6-9)19-15(20)18-11/h3-4,6-8,14,17H,2,5H2,1H3,(H2,18,19,20). The highest BCUT2D eigenvalue weighted by Gasteiger charge is 2.15. The van der Waals surface area contributed by atoms with Crippen LogP contribution in [0, 0.1) is 0 Å². The minimum Gasteiger partial charge on any atom is -0.306 e. The maximum atomic E-state index is 11.4. The fourth-order valence-corrected chi connectivity index (χ4v) is 3.62. The Labute approximate surface area is 134 Å². The summed E-state index contributed by atoms with van der Waals surface area (Å²) in [5.74, 6) is 0. The molecule has 3 N–H and O–H groups in total. The van der Waals surface area contributed by atoms with Crippen LogP contribution in [0.1, 0.15) is 30.5 Å². The summed E-state index contributed by atoms with van der Waals surface area (Å²) in [5.41, 5.74) is 3.90. The summed E-state index contributed by atoms with van der Waals surface area (Å²) >= 11 is 5.20. The highest BCUT2D eigenvalue weighted by Crippen LogP contribution is 2.30. The molecule has 0 spiro atoms. The van der Waals surface area contributed by atoms with E-state index in [1.54, 1.807) is 11.3 Å². The number of halogens is 1. The molecular weight excluding hydrogens is 350 g/mol. The van der Waals surface area contributed by atoms with Crippen LogP contribution in [-0.4, -0.2) is 16.5 Å². The maximum absolute atomic E-state index is 11.4. The van der Waals surface area contributed by atoms with Gasteiger partial charge in [-0.3, -0.25) is 0 Å². The number of rotatable bonds is 5. The van der Waals surface area contributed by atoms with Gasteiger partial charge in [0.05, 0.1) is 20.9 Å². The highest BCUT2D eigenvalue weighted by atomic mass is 79.9. The van der Waals surface area contributed by atoms with Gasteiger partial charge in [-0.05, 0) is 63.6 Å². The zero-order valence-electron chi connectivity index (χ0n) is 11.6. The molecule has 3 aromatic rings. The summed E-state index contributed by atoms with van der Waals surface area (Å²) in [7, 11) is 0. The normalized spacial score (nSPS) is 12.9. The Hall–Kier alpha value is -1.37. The first-order valence-electron chi connectivity index (χ1n) is 6.86. The molecule has 110 valence electrons.